The SMILES string of the molecule is CC(C(=O)O)C(C)C(=O)OC[CH]C(F)(F)C(F)(F)C(F)(F)C(F)(F)C(F)F. The Morgan fingerprint density at radius 2 is 1.37 bits per heavy atom. The molecule has 0 saturated carbocycles. The number of esters is 1. The molecule has 0 aliphatic carbocycles. The Kier molecular flexibility index (Phi) is 7.56. The number of alkyl halides is 10. The van der Waals surface area contributed by atoms with E-state index in [0.29, 0.717) is 0 Å². The van der Waals surface area contributed by atoms with Gasteiger partial charge in [-0.2, -0.15) is 35.1 Å². The molecule has 0 spiro atoms. The second kappa shape index (κ2) is 8.09. The van der Waals surface area contributed by atoms with Crippen LogP contribution in [0.4, 0.5) is 43.9 Å². The van der Waals surface area contributed by atoms with Gasteiger partial charge in [0.15, 0.2) is 0 Å². The van der Waals surface area contributed by atoms with Gasteiger partial charge in [-0.15, -0.1) is 0 Å². The van der Waals surface area contributed by atoms with Crippen molar-refractivity contribution in [2.75, 3.05) is 6.61 Å². The number of carboxylic acid groups (broad SMARTS) is 1. The zero-order valence-corrected chi connectivity index (χ0v) is 13.5. The summed E-state index contributed by atoms with van der Waals surface area (Å²) in [6, 6.07) is 0. The third kappa shape index (κ3) is 4.75. The number of hydrogen-bond acceptors (Lipinski definition) is 3. The lowest BCUT2D eigenvalue weighted by Gasteiger charge is -2.36. The van der Waals surface area contributed by atoms with Gasteiger partial charge in [0.2, 0.25) is 0 Å². The number of carbonyl (C=O) groups excluding carboxylic acids is 1. The number of aliphatic carboxylic acids is 1. The van der Waals surface area contributed by atoms with Gasteiger partial charge in [-0.3, -0.25) is 9.59 Å². The standard InChI is InChI=1S/C13H13F10O4/c1-5(7(24)25)6(2)8(26)27-4-3-10(16,17)12(20,21)13(22,23)11(18,19)9(14)15/h3,5-6,9H,4H2,1-2H3,(H,24,25). The molecule has 27 heavy (non-hydrogen) atoms. The van der Waals surface area contributed by atoms with Crippen LogP contribution in [0.2, 0.25) is 0 Å². The van der Waals surface area contributed by atoms with Crippen LogP contribution < -0.4 is 0 Å². The van der Waals surface area contributed by atoms with Crippen LogP contribution in [-0.4, -0.2) is 53.8 Å². The van der Waals surface area contributed by atoms with Crippen molar-refractivity contribution in [1.82, 2.24) is 0 Å². The number of hydrogen-bond donors (Lipinski definition) is 1. The maximum Gasteiger partial charge on any atom is 0.384 e. The third-order valence-corrected chi connectivity index (χ3v) is 3.58. The Morgan fingerprint density at radius 1 is 0.926 bits per heavy atom. The zero-order chi connectivity index (χ0) is 22.0. The predicted octanol–water partition coefficient (Wildman–Crippen LogP) is 3.90. The lowest BCUT2D eigenvalue weighted by Crippen LogP contribution is -2.64. The molecule has 0 bridgehead atoms. The van der Waals surface area contributed by atoms with Crippen LogP contribution in [0.5, 0.6) is 0 Å². The van der Waals surface area contributed by atoms with E-state index in [1.165, 1.54) is 0 Å². The van der Waals surface area contributed by atoms with E-state index in [0.717, 1.165) is 13.8 Å². The number of rotatable bonds is 10. The van der Waals surface area contributed by atoms with Crippen LogP contribution in [0.25, 0.3) is 0 Å². The van der Waals surface area contributed by atoms with Crippen molar-refractivity contribution in [1.29, 1.82) is 0 Å². The van der Waals surface area contributed by atoms with Crippen molar-refractivity contribution in [3.05, 3.63) is 6.42 Å². The van der Waals surface area contributed by atoms with Gasteiger partial charge in [0.25, 0.3) is 0 Å². The fraction of sp³-hybridized carbons (Fsp3) is 0.769. The Labute approximate surface area is 145 Å². The highest BCUT2D eigenvalue weighted by atomic mass is 19.4. The van der Waals surface area contributed by atoms with E-state index in [2.05, 4.69) is 4.74 Å². The van der Waals surface area contributed by atoms with E-state index < -0.39 is 66.9 Å². The molecule has 14 heteroatoms. The molecular weight excluding hydrogens is 410 g/mol. The van der Waals surface area contributed by atoms with Crippen molar-refractivity contribution >= 4 is 11.9 Å². The minimum atomic E-state index is -7.15. The summed E-state index contributed by atoms with van der Waals surface area (Å²) in [6.45, 7) is 0.160. The van der Waals surface area contributed by atoms with Crippen LogP contribution in [0.3, 0.4) is 0 Å². The van der Waals surface area contributed by atoms with Crippen LogP contribution >= 0.6 is 0 Å². The van der Waals surface area contributed by atoms with Gasteiger partial charge in [-0.25, -0.2) is 8.78 Å². The van der Waals surface area contributed by atoms with Gasteiger partial charge < -0.3 is 9.84 Å². The van der Waals surface area contributed by atoms with E-state index in [4.69, 9.17) is 5.11 Å². The van der Waals surface area contributed by atoms with Gasteiger partial charge in [0.05, 0.1) is 18.3 Å². The van der Waals surface area contributed by atoms with E-state index in [9.17, 15) is 53.5 Å². The number of ether oxygens (including phenoxy) is 1. The number of carbonyl (C=O) groups is 2. The monoisotopic (exact) mass is 423 g/mol. The van der Waals surface area contributed by atoms with Crippen molar-refractivity contribution in [2.24, 2.45) is 11.8 Å². The smallest absolute Gasteiger partial charge is 0.384 e. The molecule has 0 aromatic heterocycles. The molecule has 0 amide bonds. The first kappa shape index (κ1) is 25.2. The largest absolute Gasteiger partial charge is 0.481 e. The summed E-state index contributed by atoms with van der Waals surface area (Å²) < 4.78 is 132. The molecule has 4 nitrogen and oxygen atoms in total. The van der Waals surface area contributed by atoms with Gasteiger partial charge in [0.1, 0.15) is 6.61 Å². The fourth-order valence-corrected chi connectivity index (χ4v) is 1.46. The molecule has 1 radical (unpaired) electrons. The summed E-state index contributed by atoms with van der Waals surface area (Å²) in [7, 11) is 0. The summed E-state index contributed by atoms with van der Waals surface area (Å²) in [4.78, 5) is 22.0. The summed E-state index contributed by atoms with van der Waals surface area (Å²) in [6.07, 6.45) is -6.45. The minimum Gasteiger partial charge on any atom is -0.481 e. The van der Waals surface area contributed by atoms with Crippen LogP contribution in [0.1, 0.15) is 13.8 Å². The molecule has 0 aromatic rings. The van der Waals surface area contributed by atoms with Gasteiger partial charge in [0, 0.05) is 0 Å². The second-order valence-electron chi connectivity index (χ2n) is 5.45. The summed E-state index contributed by atoms with van der Waals surface area (Å²) in [5.41, 5.74) is 0. The molecule has 1 N–H and O–H groups in total. The summed E-state index contributed by atoms with van der Waals surface area (Å²) >= 11 is 0. The highest BCUT2D eigenvalue weighted by molar-refractivity contribution is 5.80. The van der Waals surface area contributed by atoms with Crippen LogP contribution in [0.15, 0.2) is 0 Å². The number of halogens is 10. The first-order valence-corrected chi connectivity index (χ1v) is 6.87. The van der Waals surface area contributed by atoms with Crippen LogP contribution in [-0.2, 0) is 14.3 Å². The molecule has 159 valence electrons. The quantitative estimate of drug-likeness (QED) is 0.428. The normalized spacial score (nSPS) is 16.2. The maximum absolute atomic E-state index is 13.3. The summed E-state index contributed by atoms with van der Waals surface area (Å²) in [5, 5.41) is 8.62. The van der Waals surface area contributed by atoms with Crippen molar-refractivity contribution in [2.45, 2.75) is 44.0 Å². The molecule has 0 saturated heterocycles. The van der Waals surface area contributed by atoms with Crippen molar-refractivity contribution in [3.8, 4) is 0 Å². The Hall–Kier alpha value is -1.76. The van der Waals surface area contributed by atoms with E-state index in [-0.39, 0.29) is 0 Å². The molecule has 2 unspecified atom stereocenters. The fourth-order valence-electron chi connectivity index (χ4n) is 1.46. The molecule has 0 rings (SSSR count). The predicted molar refractivity (Wildman–Crippen MR) is 67.0 cm³/mol. The maximum atomic E-state index is 13.3. The molecule has 2 atom stereocenters. The van der Waals surface area contributed by atoms with E-state index in [1.807, 2.05) is 0 Å². The lowest BCUT2D eigenvalue weighted by atomic mass is 9.96. The lowest BCUT2D eigenvalue weighted by molar-refractivity contribution is -0.377. The Bertz CT molecular complexity index is 549. The van der Waals surface area contributed by atoms with Gasteiger partial charge >= 0.3 is 42.1 Å². The summed E-state index contributed by atoms with van der Waals surface area (Å²) in [5.74, 6) is -32.8. The first-order valence-electron chi connectivity index (χ1n) is 6.87. The molecule has 0 fully saturated rings. The first-order chi connectivity index (χ1) is 11.8. The molecule has 0 heterocycles. The van der Waals surface area contributed by atoms with E-state index in [1.54, 1.807) is 0 Å². The minimum absolute atomic E-state index is 0.963. The third-order valence-electron chi connectivity index (χ3n) is 3.58. The molecular formula is C13H13F10O4. The van der Waals surface area contributed by atoms with Gasteiger partial charge in [-0.1, -0.05) is 13.8 Å². The highest BCUT2D eigenvalue weighted by Gasteiger charge is 2.82. The molecule has 0 aliphatic heterocycles. The van der Waals surface area contributed by atoms with E-state index >= 15 is 0 Å². The highest BCUT2D eigenvalue weighted by Crippen LogP contribution is 2.54. The van der Waals surface area contributed by atoms with Crippen LogP contribution in [0, 0.1) is 18.3 Å². The number of carboxylic acids is 1. The van der Waals surface area contributed by atoms with Crippen molar-refractivity contribution in [3.63, 3.8) is 0 Å². The topological polar surface area (TPSA) is 63.6 Å². The average molecular weight is 423 g/mol. The zero-order valence-electron chi connectivity index (χ0n) is 13.5. The average Bonchev–Trinajstić information content (AvgIpc) is 2.51. The Balaban J connectivity index is 5.21. The molecule has 0 aliphatic rings. The van der Waals surface area contributed by atoms with Gasteiger partial charge in [-0.05, 0) is 0 Å². The Morgan fingerprint density at radius 3 is 1.74 bits per heavy atom. The molecule has 0 aromatic carbocycles. The van der Waals surface area contributed by atoms with Crippen molar-refractivity contribution < 1.29 is 63.3 Å². The second-order valence-corrected chi connectivity index (χ2v) is 5.45.